The fourth-order valence-corrected chi connectivity index (χ4v) is 2.38. The lowest BCUT2D eigenvalue weighted by molar-refractivity contribution is -0.133. The third kappa shape index (κ3) is 2.92. The van der Waals surface area contributed by atoms with Gasteiger partial charge in [-0.15, -0.1) is 0 Å². The molecule has 1 N–H and O–H groups in total. The van der Waals surface area contributed by atoms with Crippen molar-refractivity contribution in [3.63, 3.8) is 0 Å². The summed E-state index contributed by atoms with van der Waals surface area (Å²) in [6, 6.07) is 9.88. The van der Waals surface area contributed by atoms with Gasteiger partial charge in [0.2, 0.25) is 0 Å². The number of carbonyl (C=O) groups is 1. The van der Waals surface area contributed by atoms with Crippen LogP contribution in [0.1, 0.15) is 11.3 Å². The lowest BCUT2D eigenvalue weighted by Gasteiger charge is -2.06. The zero-order valence-electron chi connectivity index (χ0n) is 10.3. The van der Waals surface area contributed by atoms with Gasteiger partial charge < -0.3 is 5.11 Å². The molecule has 0 fully saturated rings. The van der Waals surface area contributed by atoms with Crippen molar-refractivity contribution in [1.82, 2.24) is 9.78 Å². The highest BCUT2D eigenvalue weighted by atomic mass is 32.2. The second kappa shape index (κ2) is 5.27. The maximum atomic E-state index is 10.6. The van der Waals surface area contributed by atoms with Crippen LogP contribution in [0.3, 0.4) is 0 Å². The average molecular weight is 262 g/mol. The molecule has 1 heterocycles. The van der Waals surface area contributed by atoms with E-state index in [1.54, 1.807) is 4.68 Å². The van der Waals surface area contributed by atoms with Crippen molar-refractivity contribution in [3.05, 3.63) is 41.6 Å². The summed E-state index contributed by atoms with van der Waals surface area (Å²) in [6.07, 6.45) is 0. The van der Waals surface area contributed by atoms with Crippen molar-refractivity contribution in [3.8, 4) is 5.69 Å². The second-order valence-electron chi connectivity index (χ2n) is 4.05. The van der Waals surface area contributed by atoms with Crippen LogP contribution in [0.25, 0.3) is 5.69 Å². The van der Waals surface area contributed by atoms with Gasteiger partial charge in [0.25, 0.3) is 0 Å². The molecule has 18 heavy (non-hydrogen) atoms. The van der Waals surface area contributed by atoms with Crippen LogP contribution < -0.4 is 0 Å². The first-order valence-electron chi connectivity index (χ1n) is 5.54. The zero-order chi connectivity index (χ0) is 13.1. The minimum atomic E-state index is -0.825. The molecule has 0 aliphatic heterocycles. The maximum absolute atomic E-state index is 10.6. The number of benzene rings is 1. The van der Waals surface area contributed by atoms with E-state index < -0.39 is 5.97 Å². The van der Waals surface area contributed by atoms with Gasteiger partial charge in [-0.2, -0.15) is 5.10 Å². The molecule has 2 aromatic rings. The monoisotopic (exact) mass is 262 g/mol. The minimum absolute atomic E-state index is 0.0387. The molecule has 0 atom stereocenters. The first-order valence-corrected chi connectivity index (χ1v) is 6.53. The Kier molecular flexibility index (Phi) is 3.72. The molecular weight excluding hydrogens is 248 g/mol. The Bertz CT molecular complexity index is 561. The predicted octanol–water partition coefficient (Wildman–Crippen LogP) is 2.67. The molecule has 0 bridgehead atoms. The third-order valence-electron chi connectivity index (χ3n) is 2.42. The molecule has 0 aliphatic carbocycles. The quantitative estimate of drug-likeness (QED) is 0.861. The van der Waals surface area contributed by atoms with Crippen molar-refractivity contribution in [2.75, 3.05) is 5.75 Å². The predicted molar refractivity (Wildman–Crippen MR) is 71.4 cm³/mol. The molecule has 0 saturated carbocycles. The Labute approximate surface area is 110 Å². The highest BCUT2D eigenvalue weighted by Gasteiger charge is 2.09. The number of thioether (sulfide) groups is 1. The van der Waals surface area contributed by atoms with Gasteiger partial charge >= 0.3 is 5.97 Å². The van der Waals surface area contributed by atoms with Gasteiger partial charge in [-0.25, -0.2) is 4.68 Å². The summed E-state index contributed by atoms with van der Waals surface area (Å²) in [6.45, 7) is 3.92. The van der Waals surface area contributed by atoms with E-state index in [9.17, 15) is 4.79 Å². The van der Waals surface area contributed by atoms with E-state index in [1.165, 1.54) is 17.3 Å². The van der Waals surface area contributed by atoms with Crippen LogP contribution in [-0.4, -0.2) is 26.6 Å². The topological polar surface area (TPSA) is 55.1 Å². The number of aliphatic carboxylic acids is 1. The molecule has 2 rings (SSSR count). The largest absolute Gasteiger partial charge is 0.481 e. The Hall–Kier alpha value is -1.75. The maximum Gasteiger partial charge on any atom is 0.313 e. The molecule has 1 aromatic heterocycles. The van der Waals surface area contributed by atoms with Crippen molar-refractivity contribution in [2.24, 2.45) is 0 Å². The smallest absolute Gasteiger partial charge is 0.313 e. The lowest BCUT2D eigenvalue weighted by atomic mass is 10.2. The zero-order valence-corrected chi connectivity index (χ0v) is 11.1. The summed E-state index contributed by atoms with van der Waals surface area (Å²) >= 11 is 1.28. The summed E-state index contributed by atoms with van der Waals surface area (Å²) in [5.74, 6) is -0.786. The van der Waals surface area contributed by atoms with Crippen LogP contribution in [-0.2, 0) is 4.79 Å². The highest BCUT2D eigenvalue weighted by molar-refractivity contribution is 7.99. The van der Waals surface area contributed by atoms with E-state index in [2.05, 4.69) is 5.10 Å². The first-order chi connectivity index (χ1) is 8.56. The summed E-state index contributed by atoms with van der Waals surface area (Å²) in [5.41, 5.74) is 3.01. The van der Waals surface area contributed by atoms with E-state index in [1.807, 2.05) is 44.2 Å². The Morgan fingerprint density at radius 2 is 2.00 bits per heavy atom. The number of nitrogens with zero attached hydrogens (tertiary/aromatic N) is 2. The number of hydrogen-bond donors (Lipinski definition) is 1. The van der Waals surface area contributed by atoms with Crippen molar-refractivity contribution < 1.29 is 9.90 Å². The number of aromatic nitrogens is 2. The fourth-order valence-electron chi connectivity index (χ4n) is 1.59. The van der Waals surface area contributed by atoms with Crippen LogP contribution in [0.15, 0.2) is 35.4 Å². The SMILES string of the molecule is Cc1ccc(-n2nc(C)cc2SCC(=O)O)cc1. The van der Waals surface area contributed by atoms with Gasteiger partial charge in [0.15, 0.2) is 0 Å². The first kappa shape index (κ1) is 12.7. The summed E-state index contributed by atoms with van der Waals surface area (Å²) in [7, 11) is 0. The van der Waals surface area contributed by atoms with E-state index in [4.69, 9.17) is 5.11 Å². The molecule has 5 heteroatoms. The fraction of sp³-hybridized carbons (Fsp3) is 0.231. The highest BCUT2D eigenvalue weighted by Crippen LogP contribution is 2.23. The van der Waals surface area contributed by atoms with Gasteiger partial charge in [0.1, 0.15) is 5.03 Å². The van der Waals surface area contributed by atoms with Gasteiger partial charge in [-0.05, 0) is 32.0 Å². The Balaban J connectivity index is 2.31. The molecule has 4 nitrogen and oxygen atoms in total. The summed E-state index contributed by atoms with van der Waals surface area (Å²) < 4.78 is 1.78. The number of carboxylic acids is 1. The summed E-state index contributed by atoms with van der Waals surface area (Å²) in [5, 5.41) is 14.0. The summed E-state index contributed by atoms with van der Waals surface area (Å²) in [4.78, 5) is 10.6. The number of carboxylic acid groups (broad SMARTS) is 1. The molecule has 0 radical (unpaired) electrons. The molecular formula is C13H14N2O2S. The Morgan fingerprint density at radius 3 is 2.61 bits per heavy atom. The van der Waals surface area contributed by atoms with Gasteiger partial charge in [-0.3, -0.25) is 4.79 Å². The molecule has 0 amide bonds. The molecule has 0 aliphatic rings. The number of rotatable bonds is 4. The number of hydrogen-bond acceptors (Lipinski definition) is 3. The van der Waals surface area contributed by atoms with Crippen LogP contribution in [0.2, 0.25) is 0 Å². The van der Waals surface area contributed by atoms with Crippen molar-refractivity contribution in [1.29, 1.82) is 0 Å². The molecule has 0 unspecified atom stereocenters. The van der Waals surface area contributed by atoms with Crippen LogP contribution >= 0.6 is 11.8 Å². The normalized spacial score (nSPS) is 10.6. The minimum Gasteiger partial charge on any atom is -0.481 e. The standard InChI is InChI=1S/C13H14N2O2S/c1-9-3-5-11(6-4-9)15-12(7-10(2)14-15)18-8-13(16)17/h3-7H,8H2,1-2H3,(H,16,17). The molecule has 1 aromatic carbocycles. The van der Waals surface area contributed by atoms with E-state index >= 15 is 0 Å². The lowest BCUT2D eigenvalue weighted by Crippen LogP contribution is -2.02. The van der Waals surface area contributed by atoms with E-state index in [0.717, 1.165) is 16.4 Å². The average Bonchev–Trinajstić information content (AvgIpc) is 2.69. The third-order valence-corrected chi connectivity index (χ3v) is 3.40. The molecule has 94 valence electrons. The number of aryl methyl sites for hydroxylation is 2. The molecule has 0 spiro atoms. The van der Waals surface area contributed by atoms with Gasteiger partial charge in [0, 0.05) is 0 Å². The van der Waals surface area contributed by atoms with E-state index in [0.29, 0.717) is 0 Å². The van der Waals surface area contributed by atoms with Crippen molar-refractivity contribution >= 4 is 17.7 Å². The Morgan fingerprint density at radius 1 is 1.33 bits per heavy atom. The van der Waals surface area contributed by atoms with Crippen LogP contribution in [0.5, 0.6) is 0 Å². The van der Waals surface area contributed by atoms with Gasteiger partial charge in [-0.1, -0.05) is 29.5 Å². The van der Waals surface area contributed by atoms with Crippen molar-refractivity contribution in [2.45, 2.75) is 18.9 Å². The van der Waals surface area contributed by atoms with E-state index in [-0.39, 0.29) is 5.75 Å². The molecule has 0 saturated heterocycles. The van der Waals surface area contributed by atoms with Gasteiger partial charge in [0.05, 0.1) is 17.1 Å². The van der Waals surface area contributed by atoms with Crippen LogP contribution in [0, 0.1) is 13.8 Å². The second-order valence-corrected chi connectivity index (χ2v) is 5.05. The van der Waals surface area contributed by atoms with Crippen LogP contribution in [0.4, 0.5) is 0 Å².